The minimum atomic E-state index is -0.0444. The van der Waals surface area contributed by atoms with Gasteiger partial charge < -0.3 is 9.84 Å². The Morgan fingerprint density at radius 3 is 2.57 bits per heavy atom. The molecule has 0 saturated carbocycles. The second-order valence-corrected chi connectivity index (χ2v) is 3.08. The summed E-state index contributed by atoms with van der Waals surface area (Å²) in [6, 6.07) is 7.56. The van der Waals surface area contributed by atoms with Crippen LogP contribution in [0.2, 0.25) is 0 Å². The Bertz CT molecular complexity index is 293. The molecule has 0 fully saturated rings. The van der Waals surface area contributed by atoms with E-state index in [0.717, 1.165) is 11.3 Å². The third kappa shape index (κ3) is 3.18. The summed E-state index contributed by atoms with van der Waals surface area (Å²) in [5, 5.41) is 8.76. The molecule has 0 saturated heterocycles. The van der Waals surface area contributed by atoms with Gasteiger partial charge >= 0.3 is 0 Å². The average molecular weight is 193 g/mol. The smallest absolute Gasteiger partial charge is 0.118 e. The molecule has 1 unspecified atom stereocenters. The molecule has 0 aromatic heterocycles. The molecule has 1 atom stereocenters. The van der Waals surface area contributed by atoms with Crippen molar-refractivity contribution in [1.82, 2.24) is 0 Å². The SMILES string of the molecule is COc1ccc(C=NC(C)CO)cc1. The topological polar surface area (TPSA) is 41.8 Å². The molecule has 0 aliphatic rings. The van der Waals surface area contributed by atoms with Crippen LogP contribution in [0, 0.1) is 0 Å². The van der Waals surface area contributed by atoms with E-state index in [1.54, 1.807) is 13.3 Å². The molecule has 3 nitrogen and oxygen atoms in total. The Morgan fingerprint density at radius 1 is 1.43 bits per heavy atom. The van der Waals surface area contributed by atoms with Gasteiger partial charge in [-0.25, -0.2) is 0 Å². The van der Waals surface area contributed by atoms with Crippen molar-refractivity contribution in [3.05, 3.63) is 29.8 Å². The number of rotatable bonds is 4. The second-order valence-electron chi connectivity index (χ2n) is 3.08. The summed E-state index contributed by atoms with van der Waals surface area (Å²) in [5.74, 6) is 0.831. The fourth-order valence-electron chi connectivity index (χ4n) is 0.950. The first kappa shape index (κ1) is 10.7. The van der Waals surface area contributed by atoms with Crippen molar-refractivity contribution in [2.24, 2.45) is 4.99 Å². The Kier molecular flexibility index (Phi) is 4.13. The molecule has 1 rings (SSSR count). The number of aliphatic hydroxyl groups excluding tert-OH is 1. The third-order valence-corrected chi connectivity index (χ3v) is 1.86. The Morgan fingerprint density at radius 2 is 2.07 bits per heavy atom. The van der Waals surface area contributed by atoms with E-state index < -0.39 is 0 Å². The predicted octanol–water partition coefficient (Wildman–Crippen LogP) is 1.49. The van der Waals surface area contributed by atoms with E-state index in [0.29, 0.717) is 0 Å². The van der Waals surface area contributed by atoms with Gasteiger partial charge in [-0.1, -0.05) is 0 Å². The Balaban J connectivity index is 2.64. The Labute approximate surface area is 84.1 Å². The average Bonchev–Trinajstić information content (AvgIpc) is 2.26. The number of nitrogens with zero attached hydrogens (tertiary/aromatic N) is 1. The molecule has 0 heterocycles. The lowest BCUT2D eigenvalue weighted by Crippen LogP contribution is -2.03. The van der Waals surface area contributed by atoms with Crippen LogP contribution in [-0.4, -0.2) is 31.1 Å². The molecule has 0 amide bonds. The molecule has 14 heavy (non-hydrogen) atoms. The van der Waals surface area contributed by atoms with Crippen molar-refractivity contribution >= 4 is 6.21 Å². The van der Waals surface area contributed by atoms with Crippen LogP contribution in [0.1, 0.15) is 12.5 Å². The van der Waals surface area contributed by atoms with Crippen LogP contribution in [0.4, 0.5) is 0 Å². The summed E-state index contributed by atoms with van der Waals surface area (Å²) in [6.45, 7) is 1.94. The highest BCUT2D eigenvalue weighted by atomic mass is 16.5. The lowest BCUT2D eigenvalue weighted by molar-refractivity contribution is 0.275. The van der Waals surface area contributed by atoms with E-state index in [1.807, 2.05) is 31.2 Å². The van der Waals surface area contributed by atoms with Crippen molar-refractivity contribution < 1.29 is 9.84 Å². The molecule has 1 N–H and O–H groups in total. The van der Waals surface area contributed by atoms with Crippen LogP contribution in [0.15, 0.2) is 29.3 Å². The summed E-state index contributed by atoms with van der Waals surface area (Å²) in [6.07, 6.45) is 1.75. The van der Waals surface area contributed by atoms with Crippen molar-refractivity contribution in [3.63, 3.8) is 0 Å². The maximum absolute atomic E-state index is 8.76. The first-order valence-corrected chi connectivity index (χ1v) is 4.54. The number of hydrogen-bond acceptors (Lipinski definition) is 3. The molecular formula is C11H15NO2. The zero-order chi connectivity index (χ0) is 10.4. The molecule has 3 heteroatoms. The van der Waals surface area contributed by atoms with Crippen molar-refractivity contribution in [2.45, 2.75) is 13.0 Å². The van der Waals surface area contributed by atoms with Gasteiger partial charge in [0, 0.05) is 6.21 Å². The number of hydrogen-bond donors (Lipinski definition) is 1. The van der Waals surface area contributed by atoms with E-state index in [1.165, 1.54) is 0 Å². The molecule has 0 aliphatic heterocycles. The zero-order valence-electron chi connectivity index (χ0n) is 8.47. The van der Waals surface area contributed by atoms with Crippen LogP contribution in [-0.2, 0) is 0 Å². The standard InChI is InChI=1S/C11H15NO2/c1-9(8-13)12-7-10-3-5-11(14-2)6-4-10/h3-7,9,13H,8H2,1-2H3. The minimum absolute atomic E-state index is 0.0444. The van der Waals surface area contributed by atoms with Gasteiger partial charge in [0.25, 0.3) is 0 Å². The summed E-state index contributed by atoms with van der Waals surface area (Å²) in [5.41, 5.74) is 1.01. The molecule has 1 aromatic rings. The van der Waals surface area contributed by atoms with Crippen LogP contribution in [0.5, 0.6) is 5.75 Å². The molecular weight excluding hydrogens is 178 g/mol. The van der Waals surface area contributed by atoms with Crippen LogP contribution >= 0.6 is 0 Å². The van der Waals surface area contributed by atoms with Crippen LogP contribution in [0.3, 0.4) is 0 Å². The van der Waals surface area contributed by atoms with Gasteiger partial charge in [-0.2, -0.15) is 0 Å². The van der Waals surface area contributed by atoms with E-state index in [-0.39, 0.29) is 12.6 Å². The van der Waals surface area contributed by atoms with E-state index in [2.05, 4.69) is 4.99 Å². The molecule has 0 aliphatic carbocycles. The van der Waals surface area contributed by atoms with Gasteiger partial charge in [-0.05, 0) is 36.8 Å². The normalized spacial score (nSPS) is 13.1. The van der Waals surface area contributed by atoms with Gasteiger partial charge in [0.2, 0.25) is 0 Å². The van der Waals surface area contributed by atoms with Crippen molar-refractivity contribution in [3.8, 4) is 5.75 Å². The highest BCUT2D eigenvalue weighted by Gasteiger charge is 1.94. The van der Waals surface area contributed by atoms with Crippen LogP contribution in [0.25, 0.3) is 0 Å². The number of aliphatic imine (C=N–C) groups is 1. The van der Waals surface area contributed by atoms with Gasteiger partial charge in [0.05, 0.1) is 19.8 Å². The molecule has 0 bridgehead atoms. The van der Waals surface area contributed by atoms with E-state index in [9.17, 15) is 0 Å². The maximum Gasteiger partial charge on any atom is 0.118 e. The monoisotopic (exact) mass is 193 g/mol. The maximum atomic E-state index is 8.76. The highest BCUT2D eigenvalue weighted by molar-refractivity contribution is 5.79. The van der Waals surface area contributed by atoms with Gasteiger partial charge in [0.1, 0.15) is 5.75 Å². The molecule has 0 radical (unpaired) electrons. The molecule has 76 valence electrons. The minimum Gasteiger partial charge on any atom is -0.497 e. The summed E-state index contributed by atoms with van der Waals surface area (Å²) in [7, 11) is 1.64. The third-order valence-electron chi connectivity index (χ3n) is 1.86. The summed E-state index contributed by atoms with van der Waals surface area (Å²) < 4.78 is 5.03. The summed E-state index contributed by atoms with van der Waals surface area (Å²) in [4.78, 5) is 4.15. The Hall–Kier alpha value is -1.35. The zero-order valence-corrected chi connectivity index (χ0v) is 8.47. The highest BCUT2D eigenvalue weighted by Crippen LogP contribution is 2.09. The first-order chi connectivity index (χ1) is 6.76. The van der Waals surface area contributed by atoms with Gasteiger partial charge in [0.15, 0.2) is 0 Å². The number of ether oxygens (including phenoxy) is 1. The van der Waals surface area contributed by atoms with Gasteiger partial charge in [-0.3, -0.25) is 4.99 Å². The summed E-state index contributed by atoms with van der Waals surface area (Å²) >= 11 is 0. The number of benzene rings is 1. The number of methoxy groups -OCH3 is 1. The predicted molar refractivity (Wildman–Crippen MR) is 57.1 cm³/mol. The van der Waals surface area contributed by atoms with Crippen LogP contribution < -0.4 is 4.74 Å². The fraction of sp³-hybridized carbons (Fsp3) is 0.364. The van der Waals surface area contributed by atoms with E-state index >= 15 is 0 Å². The fourth-order valence-corrected chi connectivity index (χ4v) is 0.950. The lowest BCUT2D eigenvalue weighted by atomic mass is 10.2. The largest absolute Gasteiger partial charge is 0.497 e. The molecule has 1 aromatic carbocycles. The van der Waals surface area contributed by atoms with Gasteiger partial charge in [-0.15, -0.1) is 0 Å². The second kappa shape index (κ2) is 5.40. The lowest BCUT2D eigenvalue weighted by Gasteiger charge is -2.01. The van der Waals surface area contributed by atoms with Crippen molar-refractivity contribution in [2.75, 3.05) is 13.7 Å². The molecule has 0 spiro atoms. The first-order valence-electron chi connectivity index (χ1n) is 4.54. The van der Waals surface area contributed by atoms with Crippen molar-refractivity contribution in [1.29, 1.82) is 0 Å². The number of aliphatic hydroxyl groups is 1. The quantitative estimate of drug-likeness (QED) is 0.736. The van der Waals surface area contributed by atoms with E-state index in [4.69, 9.17) is 9.84 Å².